The molecule has 218 valence electrons. The van der Waals surface area contributed by atoms with Gasteiger partial charge < -0.3 is 43.0 Å². The lowest BCUT2D eigenvalue weighted by Gasteiger charge is -2.50. The predicted molar refractivity (Wildman–Crippen MR) is 143 cm³/mol. The fourth-order valence-electron chi connectivity index (χ4n) is 6.11. The van der Waals surface area contributed by atoms with Crippen LogP contribution in [-0.2, 0) is 35.0 Å². The fraction of sp³-hybridized carbons (Fsp3) is 0.613. The van der Waals surface area contributed by atoms with Crippen LogP contribution in [0.3, 0.4) is 0 Å². The van der Waals surface area contributed by atoms with Gasteiger partial charge in [0.05, 0.1) is 19.3 Å². The summed E-state index contributed by atoms with van der Waals surface area (Å²) in [4.78, 5) is 0. The molecule has 1 N–H and O–H groups in total. The van der Waals surface area contributed by atoms with E-state index in [0.717, 1.165) is 17.5 Å². The summed E-state index contributed by atoms with van der Waals surface area (Å²) in [5.74, 6) is 2.30. The molecule has 2 aromatic carbocycles. The average molecular weight is 557 g/mol. The fourth-order valence-corrected chi connectivity index (χ4v) is 6.11. The molecule has 6 rings (SSSR count). The van der Waals surface area contributed by atoms with Gasteiger partial charge in [-0.05, 0) is 36.0 Å². The summed E-state index contributed by atoms with van der Waals surface area (Å²) >= 11 is 0. The summed E-state index contributed by atoms with van der Waals surface area (Å²) in [5, 5.41) is 11.6. The number of hydrogen-bond donors (Lipinski definition) is 1. The molecule has 0 saturated carbocycles. The van der Waals surface area contributed by atoms with Crippen LogP contribution >= 0.6 is 0 Å². The monoisotopic (exact) mass is 556 g/mol. The van der Waals surface area contributed by atoms with Crippen molar-refractivity contribution in [1.29, 1.82) is 0 Å². The van der Waals surface area contributed by atoms with Gasteiger partial charge in [-0.25, -0.2) is 0 Å². The summed E-state index contributed by atoms with van der Waals surface area (Å²) in [6, 6.07) is 15.4. The minimum Gasteiger partial charge on any atom is -0.454 e. The zero-order valence-corrected chi connectivity index (χ0v) is 23.5. The van der Waals surface area contributed by atoms with Gasteiger partial charge in [-0.3, -0.25) is 0 Å². The molecule has 11 atom stereocenters. The van der Waals surface area contributed by atoms with E-state index in [1.54, 1.807) is 0 Å². The molecular weight excluding hydrogens is 516 g/mol. The minimum absolute atomic E-state index is 0.0784. The van der Waals surface area contributed by atoms with Crippen molar-refractivity contribution in [2.45, 2.75) is 90.1 Å². The molecule has 2 aromatic rings. The van der Waals surface area contributed by atoms with Gasteiger partial charge in [-0.1, -0.05) is 64.1 Å². The molecule has 0 aromatic heterocycles. The van der Waals surface area contributed by atoms with Crippen LogP contribution in [0.2, 0.25) is 0 Å². The number of aliphatic hydroxyl groups is 1. The van der Waals surface area contributed by atoms with E-state index in [0.29, 0.717) is 23.3 Å². The van der Waals surface area contributed by atoms with Crippen LogP contribution in [0.1, 0.15) is 51.5 Å². The highest BCUT2D eigenvalue weighted by atomic mass is 16.8. The van der Waals surface area contributed by atoms with E-state index in [2.05, 4.69) is 27.7 Å². The molecule has 0 amide bonds. The second kappa shape index (κ2) is 11.9. The average Bonchev–Trinajstić information content (AvgIpc) is 3.46. The van der Waals surface area contributed by atoms with E-state index in [-0.39, 0.29) is 32.0 Å². The first-order valence-electron chi connectivity index (χ1n) is 14.4. The molecule has 9 nitrogen and oxygen atoms in total. The molecule has 9 heteroatoms. The number of rotatable bonds is 7. The Kier molecular flexibility index (Phi) is 8.33. The van der Waals surface area contributed by atoms with Crippen LogP contribution in [0.25, 0.3) is 0 Å². The van der Waals surface area contributed by atoms with Crippen molar-refractivity contribution >= 4 is 0 Å². The van der Waals surface area contributed by atoms with Crippen LogP contribution in [0, 0.1) is 17.8 Å². The molecule has 0 radical (unpaired) electrons. The summed E-state index contributed by atoms with van der Waals surface area (Å²) in [5.41, 5.74) is 1.77. The SMILES string of the molecule is CCC1OC(O[C@H]2C3OC(c4ccccc4)OCC3OC(OCc3ccc4c(c3)OCO4)[C@@H]2O)[C@H](C)[C@@H](C)C1C. The highest BCUT2D eigenvalue weighted by Gasteiger charge is 2.53. The molecular formula is C31H40O9. The maximum absolute atomic E-state index is 11.6. The minimum atomic E-state index is -1.12. The quantitative estimate of drug-likeness (QED) is 0.527. The highest BCUT2D eigenvalue weighted by Crippen LogP contribution is 2.41. The van der Waals surface area contributed by atoms with Gasteiger partial charge in [0, 0.05) is 11.5 Å². The predicted octanol–water partition coefficient (Wildman–Crippen LogP) is 4.56. The molecule has 7 unspecified atom stereocenters. The molecule has 3 fully saturated rings. The molecule has 4 aliphatic rings. The standard InChI is InChI=1S/C31H40O9/c1-5-22-18(3)17(2)19(4)29(37-22)40-28-26(32)31(33-14-20-11-12-23-24(13-20)36-16-35-23)38-25-15-34-30(39-27(25)28)21-9-7-6-8-10-21/h6-13,17-19,22,25-32H,5,14-16H2,1-4H3/t17-,18?,19+,22?,25?,26+,27?,28+,29?,30?,31?/m0/s1. The first kappa shape index (κ1) is 27.9. The van der Waals surface area contributed by atoms with Gasteiger partial charge >= 0.3 is 0 Å². The van der Waals surface area contributed by atoms with Crippen LogP contribution in [0.15, 0.2) is 48.5 Å². The molecule has 40 heavy (non-hydrogen) atoms. The van der Waals surface area contributed by atoms with Crippen molar-refractivity contribution in [2.75, 3.05) is 13.4 Å². The Labute approximate surface area is 235 Å². The van der Waals surface area contributed by atoms with Gasteiger partial charge in [0.1, 0.15) is 24.4 Å². The first-order valence-corrected chi connectivity index (χ1v) is 14.4. The lowest BCUT2D eigenvalue weighted by molar-refractivity contribution is -0.387. The number of hydrogen-bond acceptors (Lipinski definition) is 9. The van der Waals surface area contributed by atoms with Crippen molar-refractivity contribution < 1.29 is 43.0 Å². The Morgan fingerprint density at radius 3 is 2.48 bits per heavy atom. The lowest BCUT2D eigenvalue weighted by atomic mass is 9.78. The second-order valence-corrected chi connectivity index (χ2v) is 11.3. The Morgan fingerprint density at radius 2 is 1.68 bits per heavy atom. The van der Waals surface area contributed by atoms with Crippen LogP contribution in [0.5, 0.6) is 11.5 Å². The number of fused-ring (bicyclic) bond motifs is 2. The number of benzene rings is 2. The van der Waals surface area contributed by atoms with E-state index >= 15 is 0 Å². The van der Waals surface area contributed by atoms with Gasteiger partial charge in [-0.15, -0.1) is 0 Å². The summed E-state index contributed by atoms with van der Waals surface area (Å²) in [7, 11) is 0. The van der Waals surface area contributed by atoms with Crippen molar-refractivity contribution in [3.8, 4) is 11.5 Å². The van der Waals surface area contributed by atoms with E-state index in [9.17, 15) is 5.11 Å². The Morgan fingerprint density at radius 1 is 0.875 bits per heavy atom. The lowest BCUT2D eigenvalue weighted by Crippen LogP contribution is -2.64. The number of ether oxygens (including phenoxy) is 8. The molecule has 4 aliphatic heterocycles. The third-order valence-electron chi connectivity index (χ3n) is 8.91. The van der Waals surface area contributed by atoms with E-state index in [4.69, 9.17) is 37.9 Å². The maximum Gasteiger partial charge on any atom is 0.231 e. The Balaban J connectivity index is 1.21. The maximum atomic E-state index is 11.6. The highest BCUT2D eigenvalue weighted by molar-refractivity contribution is 5.44. The van der Waals surface area contributed by atoms with Gasteiger partial charge in [-0.2, -0.15) is 0 Å². The zero-order chi connectivity index (χ0) is 27.8. The molecule has 0 aliphatic carbocycles. The van der Waals surface area contributed by atoms with Crippen LogP contribution in [0.4, 0.5) is 0 Å². The van der Waals surface area contributed by atoms with Crippen molar-refractivity contribution in [3.05, 3.63) is 59.7 Å². The molecule has 0 bridgehead atoms. The molecule has 4 heterocycles. The first-order chi connectivity index (χ1) is 19.4. The third kappa shape index (κ3) is 5.48. The summed E-state index contributed by atoms with van der Waals surface area (Å²) in [6.45, 7) is 9.43. The molecule has 0 spiro atoms. The normalized spacial score (nSPS) is 39.1. The summed E-state index contributed by atoms with van der Waals surface area (Å²) in [6.07, 6.45) is -4.01. The van der Waals surface area contributed by atoms with Crippen molar-refractivity contribution in [1.82, 2.24) is 0 Å². The van der Waals surface area contributed by atoms with E-state index < -0.39 is 43.3 Å². The Bertz CT molecular complexity index is 1130. The second-order valence-electron chi connectivity index (χ2n) is 11.3. The van der Waals surface area contributed by atoms with Crippen molar-refractivity contribution in [3.63, 3.8) is 0 Å². The van der Waals surface area contributed by atoms with Gasteiger partial charge in [0.15, 0.2) is 30.4 Å². The number of aliphatic hydroxyl groups excluding tert-OH is 1. The van der Waals surface area contributed by atoms with Crippen LogP contribution < -0.4 is 9.47 Å². The topological polar surface area (TPSA) is 94.1 Å². The van der Waals surface area contributed by atoms with E-state index in [1.165, 1.54) is 0 Å². The molecule has 3 saturated heterocycles. The van der Waals surface area contributed by atoms with Gasteiger partial charge in [0.2, 0.25) is 6.79 Å². The zero-order valence-electron chi connectivity index (χ0n) is 23.5. The van der Waals surface area contributed by atoms with Crippen molar-refractivity contribution in [2.24, 2.45) is 17.8 Å². The summed E-state index contributed by atoms with van der Waals surface area (Å²) < 4.78 is 48.8. The van der Waals surface area contributed by atoms with Crippen LogP contribution in [-0.4, -0.2) is 61.6 Å². The largest absolute Gasteiger partial charge is 0.454 e. The third-order valence-corrected chi connectivity index (χ3v) is 8.91. The van der Waals surface area contributed by atoms with Gasteiger partial charge in [0.25, 0.3) is 0 Å². The smallest absolute Gasteiger partial charge is 0.231 e. The van der Waals surface area contributed by atoms with E-state index in [1.807, 2.05) is 48.5 Å². The Hall–Kier alpha value is -2.24.